The van der Waals surface area contributed by atoms with Gasteiger partial charge in [-0.25, -0.2) is 0 Å². The molecule has 0 aliphatic carbocycles. The second-order valence-corrected chi connectivity index (χ2v) is 3.90. The summed E-state index contributed by atoms with van der Waals surface area (Å²) in [4.78, 5) is 10.2. The van der Waals surface area contributed by atoms with Crippen molar-refractivity contribution in [1.82, 2.24) is 0 Å². The van der Waals surface area contributed by atoms with Crippen molar-refractivity contribution in [2.24, 2.45) is 0 Å². The van der Waals surface area contributed by atoms with E-state index in [1.807, 2.05) is 18.2 Å². The molecule has 0 saturated carbocycles. The van der Waals surface area contributed by atoms with Crippen molar-refractivity contribution in [3.05, 3.63) is 65.7 Å². The number of carbonyl (C=O) groups is 1. The van der Waals surface area contributed by atoms with Crippen LogP contribution in [0, 0.1) is 6.92 Å². The van der Waals surface area contributed by atoms with Crippen molar-refractivity contribution >= 4 is 5.97 Å². The molecule has 0 radical (unpaired) electrons. The van der Waals surface area contributed by atoms with Crippen LogP contribution >= 0.6 is 0 Å². The minimum atomic E-state index is -0.893. The van der Waals surface area contributed by atoms with Gasteiger partial charge in [-0.2, -0.15) is 0 Å². The van der Waals surface area contributed by atoms with Gasteiger partial charge in [0.25, 0.3) is 0 Å². The van der Waals surface area contributed by atoms with E-state index in [2.05, 4.69) is 19.1 Å². The number of aryl methyl sites for hydroxylation is 1. The highest BCUT2D eigenvalue weighted by molar-refractivity contribution is 5.70. The van der Waals surface area contributed by atoms with Gasteiger partial charge in [0, 0.05) is 0 Å². The van der Waals surface area contributed by atoms with Crippen LogP contribution in [-0.4, -0.2) is 16.2 Å². The molecule has 2 aromatic carbocycles. The number of phenols is 1. The number of hydrogen-bond acceptors (Lipinski definition) is 2. The van der Waals surface area contributed by atoms with Crippen LogP contribution in [0.2, 0.25) is 0 Å². The summed E-state index contributed by atoms with van der Waals surface area (Å²) in [5, 5.41) is 17.3. The third kappa shape index (κ3) is 5.70. The maximum Gasteiger partial charge on any atom is 0.307 e. The van der Waals surface area contributed by atoms with Gasteiger partial charge >= 0.3 is 5.97 Å². The van der Waals surface area contributed by atoms with Crippen LogP contribution in [0.1, 0.15) is 11.1 Å². The van der Waals surface area contributed by atoms with Crippen molar-refractivity contribution in [3.63, 3.8) is 0 Å². The molecule has 0 aromatic heterocycles. The van der Waals surface area contributed by atoms with E-state index < -0.39 is 5.97 Å². The van der Waals surface area contributed by atoms with Crippen LogP contribution in [0.15, 0.2) is 54.6 Å². The first-order valence-corrected chi connectivity index (χ1v) is 5.59. The van der Waals surface area contributed by atoms with E-state index in [0.717, 1.165) is 0 Å². The second-order valence-electron chi connectivity index (χ2n) is 3.90. The third-order valence-electron chi connectivity index (χ3n) is 2.21. The molecule has 2 rings (SSSR count). The van der Waals surface area contributed by atoms with Crippen molar-refractivity contribution in [3.8, 4) is 5.75 Å². The average molecular weight is 244 g/mol. The molecule has 0 spiro atoms. The van der Waals surface area contributed by atoms with Gasteiger partial charge in [0.2, 0.25) is 0 Å². The Morgan fingerprint density at radius 1 is 1.06 bits per heavy atom. The van der Waals surface area contributed by atoms with Gasteiger partial charge in [-0.3, -0.25) is 4.79 Å². The number of rotatable bonds is 2. The molecular formula is C15H16O3. The summed E-state index contributed by atoms with van der Waals surface area (Å²) in [5.41, 5.74) is 1.93. The zero-order valence-electron chi connectivity index (χ0n) is 10.2. The van der Waals surface area contributed by atoms with Crippen molar-refractivity contribution in [1.29, 1.82) is 0 Å². The van der Waals surface area contributed by atoms with Gasteiger partial charge in [-0.15, -0.1) is 0 Å². The minimum absolute atomic E-state index is 0.0472. The Morgan fingerprint density at radius 2 is 1.72 bits per heavy atom. The zero-order valence-corrected chi connectivity index (χ0v) is 10.2. The first-order valence-electron chi connectivity index (χ1n) is 5.59. The smallest absolute Gasteiger partial charge is 0.307 e. The molecule has 0 heterocycles. The predicted molar refractivity (Wildman–Crippen MR) is 70.6 cm³/mol. The lowest BCUT2D eigenvalue weighted by Gasteiger charge is -1.96. The molecule has 0 atom stereocenters. The number of benzene rings is 2. The Hall–Kier alpha value is -2.29. The van der Waals surface area contributed by atoms with Gasteiger partial charge in [0.05, 0.1) is 6.42 Å². The Labute approximate surface area is 106 Å². The van der Waals surface area contributed by atoms with Gasteiger partial charge in [-0.05, 0) is 24.6 Å². The molecule has 94 valence electrons. The lowest BCUT2D eigenvalue weighted by molar-refractivity contribution is -0.136. The predicted octanol–water partition coefficient (Wildman–Crippen LogP) is 3.01. The van der Waals surface area contributed by atoms with E-state index in [0.29, 0.717) is 5.56 Å². The van der Waals surface area contributed by atoms with Gasteiger partial charge < -0.3 is 10.2 Å². The molecule has 0 unspecified atom stereocenters. The van der Waals surface area contributed by atoms with Crippen LogP contribution in [0.25, 0.3) is 0 Å². The SMILES string of the molecule is Cc1ccccc1.O=C(O)Cc1cccc(O)c1. The van der Waals surface area contributed by atoms with E-state index in [1.54, 1.807) is 12.1 Å². The number of aliphatic carboxylic acids is 1. The van der Waals surface area contributed by atoms with Crippen molar-refractivity contribution in [2.45, 2.75) is 13.3 Å². The fourth-order valence-corrected chi connectivity index (χ4v) is 1.38. The third-order valence-corrected chi connectivity index (χ3v) is 2.21. The highest BCUT2D eigenvalue weighted by Crippen LogP contribution is 2.10. The second kappa shape index (κ2) is 7.12. The number of aromatic hydroxyl groups is 1. The molecule has 0 amide bonds. The quantitative estimate of drug-likeness (QED) is 0.853. The summed E-state index contributed by atoms with van der Waals surface area (Å²) in [6.45, 7) is 2.08. The average Bonchev–Trinajstić information content (AvgIpc) is 2.30. The fraction of sp³-hybridized carbons (Fsp3) is 0.133. The molecular weight excluding hydrogens is 228 g/mol. The van der Waals surface area contributed by atoms with Gasteiger partial charge in [-0.1, -0.05) is 48.0 Å². The number of carboxylic acid groups (broad SMARTS) is 1. The highest BCUT2D eigenvalue weighted by atomic mass is 16.4. The minimum Gasteiger partial charge on any atom is -0.508 e. The van der Waals surface area contributed by atoms with E-state index >= 15 is 0 Å². The zero-order chi connectivity index (χ0) is 13.4. The maximum atomic E-state index is 10.2. The molecule has 2 N–H and O–H groups in total. The van der Waals surface area contributed by atoms with E-state index in [-0.39, 0.29) is 12.2 Å². The largest absolute Gasteiger partial charge is 0.508 e. The normalized spacial score (nSPS) is 9.17. The van der Waals surface area contributed by atoms with Crippen LogP contribution in [0.4, 0.5) is 0 Å². The van der Waals surface area contributed by atoms with E-state index in [9.17, 15) is 4.79 Å². The number of carboxylic acids is 1. The molecule has 3 heteroatoms. The number of hydrogen-bond donors (Lipinski definition) is 2. The molecule has 18 heavy (non-hydrogen) atoms. The lowest BCUT2D eigenvalue weighted by atomic mass is 10.1. The lowest BCUT2D eigenvalue weighted by Crippen LogP contribution is -1.99. The molecule has 3 nitrogen and oxygen atoms in total. The molecule has 0 saturated heterocycles. The first kappa shape index (κ1) is 13.8. The maximum absolute atomic E-state index is 10.2. The first-order chi connectivity index (χ1) is 8.58. The van der Waals surface area contributed by atoms with Crippen molar-refractivity contribution in [2.75, 3.05) is 0 Å². The fourth-order valence-electron chi connectivity index (χ4n) is 1.38. The summed E-state index contributed by atoms with van der Waals surface area (Å²) in [6.07, 6.45) is -0.0472. The van der Waals surface area contributed by atoms with E-state index in [4.69, 9.17) is 10.2 Å². The summed E-state index contributed by atoms with van der Waals surface area (Å²) in [6, 6.07) is 16.5. The molecule has 0 aliphatic rings. The molecule has 0 bridgehead atoms. The monoisotopic (exact) mass is 244 g/mol. The van der Waals surface area contributed by atoms with Gasteiger partial charge in [0.1, 0.15) is 5.75 Å². The molecule has 0 aliphatic heterocycles. The van der Waals surface area contributed by atoms with Crippen LogP contribution in [-0.2, 0) is 11.2 Å². The molecule has 2 aromatic rings. The standard InChI is InChI=1S/C8H8O3.C7H8/c9-7-3-1-2-6(4-7)5-8(10)11;1-7-5-3-2-4-6-7/h1-4,9H,5H2,(H,10,11);2-6H,1H3. The van der Waals surface area contributed by atoms with Crippen LogP contribution in [0.5, 0.6) is 5.75 Å². The number of phenolic OH excluding ortho intramolecular Hbond substituents is 1. The summed E-state index contributed by atoms with van der Waals surface area (Å²) < 4.78 is 0. The summed E-state index contributed by atoms with van der Waals surface area (Å²) >= 11 is 0. The Kier molecular flexibility index (Phi) is 5.45. The van der Waals surface area contributed by atoms with E-state index in [1.165, 1.54) is 17.7 Å². The summed E-state index contributed by atoms with van der Waals surface area (Å²) in [7, 11) is 0. The highest BCUT2D eigenvalue weighted by Gasteiger charge is 1.99. The molecule has 0 fully saturated rings. The van der Waals surface area contributed by atoms with Crippen molar-refractivity contribution < 1.29 is 15.0 Å². The Bertz CT molecular complexity index is 492. The Balaban J connectivity index is 0.000000199. The topological polar surface area (TPSA) is 57.5 Å². The van der Waals surface area contributed by atoms with Gasteiger partial charge in [0.15, 0.2) is 0 Å². The van der Waals surface area contributed by atoms with Crippen LogP contribution in [0.3, 0.4) is 0 Å². The Morgan fingerprint density at radius 3 is 2.17 bits per heavy atom. The van der Waals surface area contributed by atoms with Crippen LogP contribution < -0.4 is 0 Å². The summed E-state index contributed by atoms with van der Waals surface area (Å²) in [5.74, 6) is -0.792.